The van der Waals surface area contributed by atoms with Crippen LogP contribution in [-0.4, -0.2) is 29.3 Å². The highest BCUT2D eigenvalue weighted by Crippen LogP contribution is 2.34. The van der Waals surface area contributed by atoms with Crippen LogP contribution in [0.25, 0.3) is 11.3 Å². The Morgan fingerprint density at radius 3 is 2.30 bits per heavy atom. The molecule has 0 radical (unpaired) electrons. The molecule has 2 amide bonds. The van der Waals surface area contributed by atoms with Crippen LogP contribution < -0.4 is 15.5 Å². The summed E-state index contributed by atoms with van der Waals surface area (Å²) in [5.41, 5.74) is 0.577. The van der Waals surface area contributed by atoms with Crippen molar-refractivity contribution in [3.05, 3.63) is 66.2 Å². The highest BCUT2D eigenvalue weighted by Gasteiger charge is 2.33. The van der Waals surface area contributed by atoms with Gasteiger partial charge in [-0.05, 0) is 49.2 Å². The normalized spacial score (nSPS) is 14.5. The van der Waals surface area contributed by atoms with E-state index in [0.717, 1.165) is 43.4 Å². The molecule has 0 spiro atoms. The van der Waals surface area contributed by atoms with Crippen LogP contribution in [0.5, 0.6) is 0 Å². The molecule has 1 saturated heterocycles. The lowest BCUT2D eigenvalue weighted by atomic mass is 10.1. The number of halogens is 3. The summed E-state index contributed by atoms with van der Waals surface area (Å²) in [6.45, 7) is 1.94. The average Bonchev–Trinajstić information content (AvgIpc) is 3.09. The highest BCUT2D eigenvalue weighted by molar-refractivity contribution is 6.00. The van der Waals surface area contributed by atoms with E-state index in [0.29, 0.717) is 11.4 Å². The minimum atomic E-state index is -4.57. The first-order chi connectivity index (χ1) is 15.9. The second-order valence-corrected chi connectivity index (χ2v) is 7.88. The molecule has 1 aliphatic rings. The van der Waals surface area contributed by atoms with Crippen molar-refractivity contribution in [2.75, 3.05) is 28.6 Å². The molecular formula is C24H24F3N5O. The monoisotopic (exact) mass is 455 g/mol. The smallest absolute Gasteiger partial charge is 0.355 e. The van der Waals surface area contributed by atoms with Gasteiger partial charge in [-0.15, -0.1) is 10.2 Å². The Hall–Kier alpha value is -3.62. The standard InChI is InChI=1S/C24H24F3N5O/c25-24(26,27)19-10-3-4-11-21(19)29-23(33)28-18-9-7-8-17(16-18)20-12-13-22(31-30-20)32-14-5-1-2-6-15-32/h3-4,7-13,16H,1-2,5-6,14-15H2,(H2,28,29,33). The fourth-order valence-corrected chi connectivity index (χ4v) is 3.83. The van der Waals surface area contributed by atoms with Crippen LogP contribution in [0.1, 0.15) is 31.2 Å². The first-order valence-electron chi connectivity index (χ1n) is 10.8. The molecule has 2 heterocycles. The molecule has 0 atom stereocenters. The second-order valence-electron chi connectivity index (χ2n) is 7.88. The number of carbonyl (C=O) groups excluding carboxylic acids is 1. The van der Waals surface area contributed by atoms with Crippen molar-refractivity contribution in [2.45, 2.75) is 31.9 Å². The van der Waals surface area contributed by atoms with Crippen molar-refractivity contribution in [1.29, 1.82) is 0 Å². The van der Waals surface area contributed by atoms with E-state index in [1.54, 1.807) is 18.2 Å². The predicted molar refractivity (Wildman–Crippen MR) is 122 cm³/mol. The van der Waals surface area contributed by atoms with Crippen LogP contribution in [0, 0.1) is 0 Å². The Balaban J connectivity index is 1.44. The van der Waals surface area contributed by atoms with E-state index in [1.807, 2.05) is 18.2 Å². The van der Waals surface area contributed by atoms with Crippen LogP contribution in [0.2, 0.25) is 0 Å². The lowest BCUT2D eigenvalue weighted by Crippen LogP contribution is -2.25. The van der Waals surface area contributed by atoms with Gasteiger partial charge < -0.3 is 15.5 Å². The van der Waals surface area contributed by atoms with Gasteiger partial charge in [0.15, 0.2) is 5.82 Å². The number of nitrogens with one attached hydrogen (secondary N) is 2. The van der Waals surface area contributed by atoms with E-state index in [4.69, 9.17) is 0 Å². The molecular weight excluding hydrogens is 431 g/mol. The molecule has 4 rings (SSSR count). The zero-order chi connectivity index (χ0) is 23.3. The maximum atomic E-state index is 13.1. The van der Waals surface area contributed by atoms with E-state index in [-0.39, 0.29) is 5.69 Å². The summed E-state index contributed by atoms with van der Waals surface area (Å²) in [5, 5.41) is 13.6. The van der Waals surface area contributed by atoms with Crippen molar-refractivity contribution in [3.63, 3.8) is 0 Å². The van der Waals surface area contributed by atoms with Crippen LogP contribution in [0.4, 0.5) is 35.2 Å². The number of rotatable bonds is 4. The molecule has 6 nitrogen and oxygen atoms in total. The summed E-state index contributed by atoms with van der Waals surface area (Å²) in [6.07, 6.45) is 0.190. The second kappa shape index (κ2) is 9.89. The largest absolute Gasteiger partial charge is 0.418 e. The quantitative estimate of drug-likeness (QED) is 0.492. The zero-order valence-electron chi connectivity index (χ0n) is 17.9. The minimum absolute atomic E-state index is 0.311. The van der Waals surface area contributed by atoms with Gasteiger partial charge in [0, 0.05) is 24.3 Å². The van der Waals surface area contributed by atoms with E-state index in [9.17, 15) is 18.0 Å². The van der Waals surface area contributed by atoms with Crippen molar-refractivity contribution >= 4 is 23.2 Å². The third-order valence-electron chi connectivity index (χ3n) is 5.48. The van der Waals surface area contributed by atoms with Crippen molar-refractivity contribution in [3.8, 4) is 11.3 Å². The molecule has 2 aromatic carbocycles. The molecule has 2 N–H and O–H groups in total. The van der Waals surface area contributed by atoms with Crippen molar-refractivity contribution in [1.82, 2.24) is 10.2 Å². The van der Waals surface area contributed by atoms with Crippen molar-refractivity contribution < 1.29 is 18.0 Å². The Kier molecular flexibility index (Phi) is 6.76. The minimum Gasteiger partial charge on any atom is -0.355 e. The number of para-hydroxylation sites is 1. The summed E-state index contributed by atoms with van der Waals surface area (Å²) in [6, 6.07) is 14.8. The fraction of sp³-hybridized carbons (Fsp3) is 0.292. The third kappa shape index (κ3) is 5.79. The molecule has 3 aromatic rings. The summed E-state index contributed by atoms with van der Waals surface area (Å²) < 4.78 is 39.4. The molecule has 0 bridgehead atoms. The number of alkyl halides is 3. The lowest BCUT2D eigenvalue weighted by molar-refractivity contribution is -0.136. The van der Waals surface area contributed by atoms with Gasteiger partial charge in [-0.1, -0.05) is 37.1 Å². The van der Waals surface area contributed by atoms with Crippen molar-refractivity contribution in [2.24, 2.45) is 0 Å². The number of benzene rings is 2. The van der Waals surface area contributed by atoms with E-state index in [1.165, 1.54) is 31.0 Å². The van der Waals surface area contributed by atoms with E-state index >= 15 is 0 Å². The fourth-order valence-electron chi connectivity index (χ4n) is 3.83. The number of hydrogen-bond donors (Lipinski definition) is 2. The third-order valence-corrected chi connectivity index (χ3v) is 5.48. The molecule has 0 unspecified atom stereocenters. The highest BCUT2D eigenvalue weighted by atomic mass is 19.4. The Bertz CT molecular complexity index is 1090. The maximum Gasteiger partial charge on any atom is 0.418 e. The number of carbonyl (C=O) groups is 1. The number of nitrogens with zero attached hydrogens (tertiary/aromatic N) is 3. The Morgan fingerprint density at radius 1 is 0.848 bits per heavy atom. The van der Waals surface area contributed by atoms with Crippen LogP contribution in [-0.2, 0) is 6.18 Å². The molecule has 33 heavy (non-hydrogen) atoms. The first-order valence-corrected chi connectivity index (χ1v) is 10.8. The van der Waals surface area contributed by atoms with Crippen LogP contribution in [0.15, 0.2) is 60.7 Å². The first kappa shape index (κ1) is 22.6. The SMILES string of the molecule is O=C(Nc1cccc(-c2ccc(N3CCCCCC3)nn2)c1)Nc1ccccc1C(F)(F)F. The molecule has 0 saturated carbocycles. The van der Waals surface area contributed by atoms with Gasteiger partial charge in [-0.2, -0.15) is 13.2 Å². The van der Waals surface area contributed by atoms with Gasteiger partial charge >= 0.3 is 12.2 Å². The van der Waals surface area contributed by atoms with Gasteiger partial charge in [0.1, 0.15) is 0 Å². The van der Waals surface area contributed by atoms with E-state index in [2.05, 4.69) is 25.7 Å². The predicted octanol–water partition coefficient (Wildman–Crippen LogP) is 6.19. The summed E-state index contributed by atoms with van der Waals surface area (Å²) in [4.78, 5) is 14.6. The van der Waals surface area contributed by atoms with Crippen LogP contribution in [0.3, 0.4) is 0 Å². The van der Waals surface area contributed by atoms with Crippen LogP contribution >= 0.6 is 0 Å². The number of amides is 2. The molecule has 1 fully saturated rings. The topological polar surface area (TPSA) is 70.2 Å². The Morgan fingerprint density at radius 2 is 1.61 bits per heavy atom. The van der Waals surface area contributed by atoms with Gasteiger partial charge in [0.05, 0.1) is 16.9 Å². The molecule has 1 aromatic heterocycles. The summed E-state index contributed by atoms with van der Waals surface area (Å²) in [7, 11) is 0. The Labute approximate surface area is 189 Å². The number of urea groups is 1. The molecule has 0 aliphatic carbocycles. The molecule has 172 valence electrons. The zero-order valence-corrected chi connectivity index (χ0v) is 17.9. The molecule has 9 heteroatoms. The van der Waals surface area contributed by atoms with Gasteiger partial charge in [-0.3, -0.25) is 0 Å². The summed E-state index contributed by atoms with van der Waals surface area (Å²) in [5.74, 6) is 0.845. The lowest BCUT2D eigenvalue weighted by Gasteiger charge is -2.20. The van der Waals surface area contributed by atoms with Gasteiger partial charge in [0.25, 0.3) is 0 Å². The molecule has 1 aliphatic heterocycles. The number of anilines is 3. The van der Waals surface area contributed by atoms with E-state index < -0.39 is 17.8 Å². The summed E-state index contributed by atoms with van der Waals surface area (Å²) >= 11 is 0. The maximum absolute atomic E-state index is 13.1. The number of aromatic nitrogens is 2. The van der Waals surface area contributed by atoms with Gasteiger partial charge in [0.2, 0.25) is 0 Å². The number of hydrogen-bond acceptors (Lipinski definition) is 4. The average molecular weight is 455 g/mol. The van der Waals surface area contributed by atoms with Gasteiger partial charge in [-0.25, -0.2) is 4.79 Å².